The number of nitriles is 1. The number of hydrogen-bond acceptors (Lipinski definition) is 4. The summed E-state index contributed by atoms with van der Waals surface area (Å²) < 4.78 is 39.4. The number of alkyl halides is 3. The van der Waals surface area contributed by atoms with Crippen LogP contribution in [0, 0.1) is 11.3 Å². The number of benzene rings is 1. The van der Waals surface area contributed by atoms with Gasteiger partial charge in [-0.3, -0.25) is 4.79 Å². The van der Waals surface area contributed by atoms with Gasteiger partial charge in [0.05, 0.1) is 5.56 Å². The molecule has 25 heavy (non-hydrogen) atoms. The molecule has 3 rings (SSSR count). The molecule has 0 spiro atoms. The third kappa shape index (κ3) is 3.50. The Morgan fingerprint density at radius 1 is 1.24 bits per heavy atom. The molecule has 0 aliphatic carbocycles. The van der Waals surface area contributed by atoms with Crippen molar-refractivity contribution in [2.75, 3.05) is 18.0 Å². The van der Waals surface area contributed by atoms with Gasteiger partial charge < -0.3 is 9.88 Å². The summed E-state index contributed by atoms with van der Waals surface area (Å²) in [4.78, 5) is 20.7. The van der Waals surface area contributed by atoms with Crippen LogP contribution in [0.4, 0.5) is 19.0 Å². The zero-order chi connectivity index (χ0) is 18.0. The first-order chi connectivity index (χ1) is 11.9. The second-order valence-corrected chi connectivity index (χ2v) is 5.85. The maximum Gasteiger partial charge on any atom is 0.416 e. The highest BCUT2D eigenvalue weighted by Gasteiger charge is 2.33. The summed E-state index contributed by atoms with van der Waals surface area (Å²) in [6, 6.07) is 7.02. The van der Waals surface area contributed by atoms with Crippen LogP contribution in [0.2, 0.25) is 0 Å². The number of nitrogens with one attached hydrogen (secondary N) is 1. The van der Waals surface area contributed by atoms with Crippen LogP contribution >= 0.6 is 0 Å². The minimum absolute atomic E-state index is 0.0234. The zero-order valence-electron chi connectivity index (χ0n) is 13.2. The number of halogens is 3. The Morgan fingerprint density at radius 2 is 1.92 bits per heavy atom. The summed E-state index contributed by atoms with van der Waals surface area (Å²) in [5.74, 6) is 0.367. The van der Waals surface area contributed by atoms with Gasteiger partial charge in [0.1, 0.15) is 11.9 Å². The van der Waals surface area contributed by atoms with Crippen molar-refractivity contribution in [2.45, 2.75) is 25.4 Å². The Bertz CT molecular complexity index is 877. The maximum atomic E-state index is 13.1. The summed E-state index contributed by atoms with van der Waals surface area (Å²) in [6.07, 6.45) is -2.81. The molecule has 1 aliphatic rings. The van der Waals surface area contributed by atoms with Crippen molar-refractivity contribution in [3.05, 3.63) is 57.1 Å². The predicted octanol–water partition coefficient (Wildman–Crippen LogP) is 2.85. The van der Waals surface area contributed by atoms with Gasteiger partial charge in [0, 0.05) is 19.5 Å². The van der Waals surface area contributed by atoms with Crippen LogP contribution < -0.4 is 10.5 Å². The van der Waals surface area contributed by atoms with Gasteiger partial charge in [-0.05, 0) is 24.5 Å². The van der Waals surface area contributed by atoms with E-state index in [1.165, 1.54) is 18.2 Å². The van der Waals surface area contributed by atoms with Gasteiger partial charge in [-0.25, -0.2) is 4.98 Å². The molecule has 0 atom stereocenters. The Hall–Kier alpha value is -2.82. The second-order valence-electron chi connectivity index (χ2n) is 5.85. The molecule has 1 aromatic heterocycles. The molecule has 0 saturated carbocycles. The number of anilines is 1. The van der Waals surface area contributed by atoms with E-state index in [0.29, 0.717) is 13.1 Å². The largest absolute Gasteiger partial charge is 0.416 e. The Balaban J connectivity index is 2.02. The molecule has 8 heteroatoms. The molecule has 0 bridgehead atoms. The van der Waals surface area contributed by atoms with Crippen LogP contribution in [0.3, 0.4) is 0 Å². The summed E-state index contributed by atoms with van der Waals surface area (Å²) >= 11 is 0. The number of aromatic nitrogens is 2. The first kappa shape index (κ1) is 17.0. The van der Waals surface area contributed by atoms with Gasteiger partial charge in [-0.1, -0.05) is 18.2 Å². The van der Waals surface area contributed by atoms with Gasteiger partial charge in [-0.15, -0.1) is 0 Å². The van der Waals surface area contributed by atoms with E-state index < -0.39 is 17.3 Å². The SMILES string of the molecule is N#Cc1c(N2CCCC2)nc(Cc2ccccc2C(F)(F)F)[nH]c1=O. The Morgan fingerprint density at radius 3 is 2.56 bits per heavy atom. The highest BCUT2D eigenvalue weighted by Crippen LogP contribution is 2.32. The van der Waals surface area contributed by atoms with Crippen molar-refractivity contribution in [1.29, 1.82) is 5.26 Å². The monoisotopic (exact) mass is 348 g/mol. The number of rotatable bonds is 3. The molecule has 2 aromatic rings. The molecule has 1 aliphatic heterocycles. The molecule has 2 heterocycles. The molecule has 0 unspecified atom stereocenters. The van der Waals surface area contributed by atoms with E-state index in [1.54, 1.807) is 0 Å². The lowest BCUT2D eigenvalue weighted by molar-refractivity contribution is -0.138. The highest BCUT2D eigenvalue weighted by molar-refractivity contribution is 5.53. The average molecular weight is 348 g/mol. The standard InChI is InChI=1S/C17H15F3N4O/c18-17(19,20)13-6-2-1-5-11(13)9-14-22-15(24-7-3-4-8-24)12(10-21)16(25)23-14/h1-2,5-6H,3-4,7-9H2,(H,22,23,25). The van der Waals surface area contributed by atoms with Gasteiger partial charge >= 0.3 is 6.18 Å². The third-order valence-corrected chi connectivity index (χ3v) is 4.15. The molecule has 0 amide bonds. The van der Waals surface area contributed by atoms with Gasteiger partial charge in [-0.2, -0.15) is 18.4 Å². The maximum absolute atomic E-state index is 13.1. The van der Waals surface area contributed by atoms with Crippen molar-refractivity contribution >= 4 is 5.82 Å². The van der Waals surface area contributed by atoms with Crippen molar-refractivity contribution in [1.82, 2.24) is 9.97 Å². The lowest BCUT2D eigenvalue weighted by atomic mass is 10.0. The van der Waals surface area contributed by atoms with Crippen molar-refractivity contribution in [3.8, 4) is 6.07 Å². The predicted molar refractivity (Wildman–Crippen MR) is 85.3 cm³/mol. The number of H-pyrrole nitrogens is 1. The van der Waals surface area contributed by atoms with Crippen LogP contribution in [0.5, 0.6) is 0 Å². The smallest absolute Gasteiger partial charge is 0.355 e. The Labute approximate surface area is 141 Å². The van der Waals surface area contributed by atoms with Crippen molar-refractivity contribution in [3.63, 3.8) is 0 Å². The number of hydrogen-bond donors (Lipinski definition) is 1. The van der Waals surface area contributed by atoms with Crippen molar-refractivity contribution < 1.29 is 13.2 Å². The van der Waals surface area contributed by atoms with E-state index in [4.69, 9.17) is 0 Å². The lowest BCUT2D eigenvalue weighted by Gasteiger charge is -2.18. The fraction of sp³-hybridized carbons (Fsp3) is 0.353. The van der Waals surface area contributed by atoms with E-state index in [2.05, 4.69) is 9.97 Å². The zero-order valence-corrected chi connectivity index (χ0v) is 13.2. The van der Waals surface area contributed by atoms with E-state index in [9.17, 15) is 23.2 Å². The van der Waals surface area contributed by atoms with Gasteiger partial charge in [0.2, 0.25) is 0 Å². The minimum atomic E-state index is -4.48. The van der Waals surface area contributed by atoms with E-state index in [1.807, 2.05) is 11.0 Å². The molecule has 1 fully saturated rings. The molecule has 0 radical (unpaired) electrons. The van der Waals surface area contributed by atoms with Gasteiger partial charge in [0.15, 0.2) is 11.4 Å². The summed E-state index contributed by atoms with van der Waals surface area (Å²) in [6.45, 7) is 1.34. The topological polar surface area (TPSA) is 72.8 Å². The van der Waals surface area contributed by atoms with Crippen LogP contribution in [-0.2, 0) is 12.6 Å². The summed E-state index contributed by atoms with van der Waals surface area (Å²) in [7, 11) is 0. The molecule has 1 saturated heterocycles. The number of nitrogens with zero attached hydrogens (tertiary/aromatic N) is 3. The minimum Gasteiger partial charge on any atom is -0.355 e. The molecule has 130 valence electrons. The summed E-state index contributed by atoms with van der Waals surface area (Å²) in [5.41, 5.74) is -1.46. The first-order valence-electron chi connectivity index (χ1n) is 7.83. The molecular formula is C17H15F3N4O. The summed E-state index contributed by atoms with van der Waals surface area (Å²) in [5, 5.41) is 9.21. The molecule has 1 aromatic carbocycles. The van der Waals surface area contributed by atoms with Crippen LogP contribution in [0.1, 0.15) is 35.4 Å². The normalized spacial score (nSPS) is 14.6. The number of aromatic amines is 1. The highest BCUT2D eigenvalue weighted by atomic mass is 19.4. The van der Waals surface area contributed by atoms with Crippen LogP contribution in [-0.4, -0.2) is 23.1 Å². The average Bonchev–Trinajstić information content (AvgIpc) is 3.08. The van der Waals surface area contributed by atoms with Crippen molar-refractivity contribution in [2.24, 2.45) is 0 Å². The quantitative estimate of drug-likeness (QED) is 0.926. The van der Waals surface area contributed by atoms with Crippen LogP contribution in [0.25, 0.3) is 0 Å². The molecule has 5 nitrogen and oxygen atoms in total. The third-order valence-electron chi connectivity index (χ3n) is 4.15. The lowest BCUT2D eigenvalue weighted by Crippen LogP contribution is -2.26. The molecule has 1 N–H and O–H groups in total. The second kappa shape index (κ2) is 6.59. The van der Waals surface area contributed by atoms with Gasteiger partial charge in [0.25, 0.3) is 5.56 Å². The fourth-order valence-corrected chi connectivity index (χ4v) is 2.98. The van der Waals surface area contributed by atoms with E-state index in [0.717, 1.165) is 18.9 Å². The first-order valence-corrected chi connectivity index (χ1v) is 7.83. The Kier molecular flexibility index (Phi) is 4.49. The molecular weight excluding hydrogens is 333 g/mol. The van der Waals surface area contributed by atoms with Crippen LogP contribution in [0.15, 0.2) is 29.1 Å². The fourth-order valence-electron chi connectivity index (χ4n) is 2.98. The van der Waals surface area contributed by atoms with E-state index in [-0.39, 0.29) is 29.2 Å². The van der Waals surface area contributed by atoms with E-state index >= 15 is 0 Å².